The molecule has 28 heavy (non-hydrogen) atoms. The van der Waals surface area contributed by atoms with E-state index in [9.17, 15) is 0 Å². The van der Waals surface area contributed by atoms with Gasteiger partial charge in [0.1, 0.15) is 0 Å². The SMILES string of the molecule is CC(C)c1ccc(-c2cc(-c3ccccc3)nc3nc4ccccc4n23)cc1. The number of fused-ring (bicyclic) bond motifs is 3. The van der Waals surface area contributed by atoms with E-state index in [-0.39, 0.29) is 0 Å². The Kier molecular flexibility index (Phi) is 3.94. The van der Waals surface area contributed by atoms with Gasteiger partial charge < -0.3 is 0 Å². The largest absolute Gasteiger partial charge is 0.276 e. The van der Waals surface area contributed by atoms with Crippen molar-refractivity contribution < 1.29 is 0 Å². The van der Waals surface area contributed by atoms with E-state index in [1.165, 1.54) is 5.56 Å². The molecule has 3 heteroatoms. The lowest BCUT2D eigenvalue weighted by Crippen LogP contribution is -1.98. The average molecular weight is 363 g/mol. The van der Waals surface area contributed by atoms with E-state index in [0.29, 0.717) is 5.92 Å². The molecule has 5 aromatic rings. The van der Waals surface area contributed by atoms with Crippen LogP contribution in [0.15, 0.2) is 84.9 Å². The molecular formula is C25H21N3. The highest BCUT2D eigenvalue weighted by Gasteiger charge is 2.14. The zero-order valence-corrected chi connectivity index (χ0v) is 16.0. The van der Waals surface area contributed by atoms with Gasteiger partial charge in [-0.05, 0) is 35.2 Å². The number of para-hydroxylation sites is 2. The van der Waals surface area contributed by atoms with E-state index in [0.717, 1.165) is 39.3 Å². The second-order valence-electron chi connectivity index (χ2n) is 7.41. The first-order chi connectivity index (χ1) is 13.7. The van der Waals surface area contributed by atoms with Gasteiger partial charge in [-0.1, -0.05) is 80.6 Å². The van der Waals surface area contributed by atoms with Crippen molar-refractivity contribution in [3.63, 3.8) is 0 Å². The first kappa shape index (κ1) is 16.7. The van der Waals surface area contributed by atoms with Crippen LogP contribution in [0, 0.1) is 0 Å². The molecule has 0 N–H and O–H groups in total. The van der Waals surface area contributed by atoms with Crippen molar-refractivity contribution >= 4 is 16.8 Å². The maximum Gasteiger partial charge on any atom is 0.235 e. The van der Waals surface area contributed by atoms with Crippen molar-refractivity contribution in [3.8, 4) is 22.5 Å². The fourth-order valence-electron chi connectivity index (χ4n) is 3.67. The van der Waals surface area contributed by atoms with Gasteiger partial charge in [0, 0.05) is 5.56 Å². The van der Waals surface area contributed by atoms with Crippen LogP contribution in [0.1, 0.15) is 25.3 Å². The Bertz CT molecular complexity index is 1270. The molecule has 0 unspecified atom stereocenters. The lowest BCUT2D eigenvalue weighted by atomic mass is 10.00. The molecule has 0 saturated heterocycles. The fourth-order valence-corrected chi connectivity index (χ4v) is 3.67. The summed E-state index contributed by atoms with van der Waals surface area (Å²) in [6.07, 6.45) is 0. The summed E-state index contributed by atoms with van der Waals surface area (Å²) < 4.78 is 2.16. The number of nitrogens with zero attached hydrogens (tertiary/aromatic N) is 3. The van der Waals surface area contributed by atoms with Gasteiger partial charge in [-0.3, -0.25) is 4.40 Å². The zero-order chi connectivity index (χ0) is 19.1. The number of rotatable bonds is 3. The monoisotopic (exact) mass is 363 g/mol. The van der Waals surface area contributed by atoms with Crippen LogP contribution in [0.3, 0.4) is 0 Å². The van der Waals surface area contributed by atoms with Gasteiger partial charge in [0.15, 0.2) is 0 Å². The Hall–Kier alpha value is -3.46. The first-order valence-electron chi connectivity index (χ1n) is 9.65. The summed E-state index contributed by atoms with van der Waals surface area (Å²) in [4.78, 5) is 9.65. The summed E-state index contributed by atoms with van der Waals surface area (Å²) in [5.74, 6) is 1.24. The topological polar surface area (TPSA) is 30.2 Å². The Morgan fingerprint density at radius 3 is 2.18 bits per heavy atom. The summed E-state index contributed by atoms with van der Waals surface area (Å²) >= 11 is 0. The first-order valence-corrected chi connectivity index (χ1v) is 9.65. The third kappa shape index (κ3) is 2.76. The van der Waals surface area contributed by atoms with Crippen LogP contribution in [0.5, 0.6) is 0 Å². The van der Waals surface area contributed by atoms with Gasteiger partial charge in [0.05, 0.1) is 22.4 Å². The minimum atomic E-state index is 0.514. The highest BCUT2D eigenvalue weighted by atomic mass is 15.1. The van der Waals surface area contributed by atoms with E-state index >= 15 is 0 Å². The number of benzene rings is 3. The standard InChI is InChI=1S/C25H21N3/c1-17(2)18-12-14-20(15-13-18)24-16-22(19-8-4-3-5-9-19)27-25-26-21-10-6-7-11-23(21)28(24)25/h3-17H,1-2H3. The molecule has 0 aliphatic heterocycles. The smallest absolute Gasteiger partial charge is 0.235 e. The highest BCUT2D eigenvalue weighted by Crippen LogP contribution is 2.30. The van der Waals surface area contributed by atoms with Gasteiger partial charge >= 0.3 is 0 Å². The Morgan fingerprint density at radius 2 is 1.43 bits per heavy atom. The van der Waals surface area contributed by atoms with Crippen molar-refractivity contribution in [2.24, 2.45) is 0 Å². The summed E-state index contributed by atoms with van der Waals surface area (Å²) in [5.41, 5.74) is 7.68. The third-order valence-electron chi connectivity index (χ3n) is 5.22. The maximum absolute atomic E-state index is 4.87. The maximum atomic E-state index is 4.87. The molecule has 0 atom stereocenters. The summed E-state index contributed by atoms with van der Waals surface area (Å²) in [7, 11) is 0. The zero-order valence-electron chi connectivity index (χ0n) is 16.0. The van der Waals surface area contributed by atoms with E-state index in [4.69, 9.17) is 9.97 Å². The third-order valence-corrected chi connectivity index (χ3v) is 5.22. The lowest BCUT2D eigenvalue weighted by Gasteiger charge is -2.11. The van der Waals surface area contributed by atoms with Crippen LogP contribution in [-0.2, 0) is 0 Å². The van der Waals surface area contributed by atoms with E-state index in [1.807, 2.05) is 36.4 Å². The summed E-state index contributed by atoms with van der Waals surface area (Å²) in [5, 5.41) is 0. The summed E-state index contributed by atoms with van der Waals surface area (Å²) in [6, 6.07) is 29.5. The average Bonchev–Trinajstić information content (AvgIpc) is 3.12. The number of imidazole rings is 1. The van der Waals surface area contributed by atoms with Crippen LogP contribution < -0.4 is 0 Å². The summed E-state index contributed by atoms with van der Waals surface area (Å²) in [6.45, 7) is 4.44. The molecule has 0 fully saturated rings. The highest BCUT2D eigenvalue weighted by molar-refractivity contribution is 5.84. The molecule has 0 saturated carbocycles. The lowest BCUT2D eigenvalue weighted by molar-refractivity contribution is 0.867. The van der Waals surface area contributed by atoms with Gasteiger partial charge in [-0.25, -0.2) is 9.97 Å². The normalized spacial score (nSPS) is 11.5. The molecule has 0 bridgehead atoms. The minimum absolute atomic E-state index is 0.514. The van der Waals surface area contributed by atoms with Gasteiger partial charge in [-0.2, -0.15) is 0 Å². The Balaban J connectivity index is 1.81. The second kappa shape index (κ2) is 6.61. The van der Waals surface area contributed by atoms with Crippen molar-refractivity contribution in [2.75, 3.05) is 0 Å². The predicted octanol–water partition coefficient (Wildman–Crippen LogP) is 6.34. The molecule has 3 aromatic carbocycles. The number of aromatic nitrogens is 3. The molecular weight excluding hydrogens is 342 g/mol. The predicted molar refractivity (Wildman–Crippen MR) is 115 cm³/mol. The molecule has 0 aliphatic carbocycles. The van der Waals surface area contributed by atoms with Crippen LogP contribution in [0.4, 0.5) is 0 Å². The van der Waals surface area contributed by atoms with Crippen molar-refractivity contribution in [2.45, 2.75) is 19.8 Å². The minimum Gasteiger partial charge on any atom is -0.276 e. The van der Waals surface area contributed by atoms with Crippen LogP contribution >= 0.6 is 0 Å². The molecule has 5 rings (SSSR count). The quantitative estimate of drug-likeness (QED) is 0.374. The van der Waals surface area contributed by atoms with Gasteiger partial charge in [0.25, 0.3) is 0 Å². The van der Waals surface area contributed by atoms with Gasteiger partial charge in [0.2, 0.25) is 5.78 Å². The molecule has 3 nitrogen and oxygen atoms in total. The molecule has 2 aromatic heterocycles. The van der Waals surface area contributed by atoms with E-state index < -0.39 is 0 Å². The van der Waals surface area contributed by atoms with Crippen LogP contribution in [0.25, 0.3) is 39.3 Å². The van der Waals surface area contributed by atoms with Crippen molar-refractivity contribution in [1.82, 2.24) is 14.4 Å². The van der Waals surface area contributed by atoms with E-state index in [2.05, 4.69) is 66.8 Å². The van der Waals surface area contributed by atoms with Crippen LogP contribution in [0.2, 0.25) is 0 Å². The number of hydrogen-bond donors (Lipinski definition) is 0. The fraction of sp³-hybridized carbons (Fsp3) is 0.120. The van der Waals surface area contributed by atoms with Crippen molar-refractivity contribution in [3.05, 3.63) is 90.5 Å². The molecule has 0 radical (unpaired) electrons. The van der Waals surface area contributed by atoms with Crippen LogP contribution in [-0.4, -0.2) is 14.4 Å². The van der Waals surface area contributed by atoms with Crippen molar-refractivity contribution in [1.29, 1.82) is 0 Å². The van der Waals surface area contributed by atoms with E-state index in [1.54, 1.807) is 0 Å². The van der Waals surface area contributed by atoms with Gasteiger partial charge in [-0.15, -0.1) is 0 Å². The second-order valence-corrected chi connectivity index (χ2v) is 7.41. The molecule has 0 aliphatic rings. The number of hydrogen-bond acceptors (Lipinski definition) is 2. The Labute approximate surface area is 164 Å². The molecule has 0 amide bonds. The Morgan fingerprint density at radius 1 is 0.714 bits per heavy atom. The molecule has 136 valence electrons. The molecule has 2 heterocycles. The molecule has 0 spiro atoms.